The molecule has 0 radical (unpaired) electrons. The number of fused-ring (bicyclic) bond motifs is 1. The minimum absolute atomic E-state index is 0.0223. The van der Waals surface area contributed by atoms with Crippen LogP contribution in [0.25, 0.3) is 0 Å². The highest BCUT2D eigenvalue weighted by Crippen LogP contribution is 2.58. The molecule has 0 spiro atoms. The van der Waals surface area contributed by atoms with Crippen molar-refractivity contribution in [3.8, 4) is 0 Å². The van der Waals surface area contributed by atoms with E-state index < -0.39 is 22.3 Å². The van der Waals surface area contributed by atoms with Crippen molar-refractivity contribution < 1.29 is 17.7 Å². The fraction of sp³-hybridized carbons (Fsp3) is 0.700. The standard InChI is InChI=1S/C20H30O4S/c1-14-8-10-15(11-9-14)25(22,23)24-16-13-20(4)12-6-5-7-17(20)19(2,3)18(16)21/h8-11,16-18,21H,5-7,12-13H2,1-4H3/t16-,17+,18-,20+/m1/s1. The molecule has 0 heterocycles. The molecule has 0 bridgehead atoms. The van der Waals surface area contributed by atoms with Crippen molar-refractivity contribution in [2.45, 2.75) is 76.9 Å². The predicted octanol–water partition coefficient (Wildman–Crippen LogP) is 4.06. The minimum Gasteiger partial charge on any atom is -0.390 e. The molecule has 2 saturated carbocycles. The van der Waals surface area contributed by atoms with Crippen LogP contribution >= 0.6 is 0 Å². The molecule has 0 amide bonds. The van der Waals surface area contributed by atoms with Gasteiger partial charge in [-0.3, -0.25) is 4.18 Å². The molecule has 2 aliphatic rings. The van der Waals surface area contributed by atoms with Crippen LogP contribution in [0.5, 0.6) is 0 Å². The molecule has 0 saturated heterocycles. The number of hydrogen-bond acceptors (Lipinski definition) is 4. The van der Waals surface area contributed by atoms with Gasteiger partial charge in [0.05, 0.1) is 11.0 Å². The van der Waals surface area contributed by atoms with Gasteiger partial charge in [-0.15, -0.1) is 0 Å². The Kier molecular flexibility index (Phi) is 4.80. The Morgan fingerprint density at radius 3 is 2.40 bits per heavy atom. The lowest BCUT2D eigenvalue weighted by Gasteiger charge is -2.57. The summed E-state index contributed by atoms with van der Waals surface area (Å²) >= 11 is 0. The maximum atomic E-state index is 12.7. The van der Waals surface area contributed by atoms with Gasteiger partial charge in [-0.05, 0) is 55.1 Å². The van der Waals surface area contributed by atoms with Gasteiger partial charge in [0.25, 0.3) is 10.1 Å². The van der Waals surface area contributed by atoms with E-state index >= 15 is 0 Å². The second-order valence-corrected chi connectivity index (χ2v) is 10.4. The SMILES string of the molecule is Cc1ccc(S(=O)(=O)O[C@@H]2C[C@]3(C)CCCC[C@H]3C(C)(C)[C@@H]2O)cc1. The number of aliphatic hydroxyl groups excluding tert-OH is 1. The number of aliphatic hydroxyl groups is 1. The number of hydrogen-bond donors (Lipinski definition) is 1. The van der Waals surface area contributed by atoms with Crippen LogP contribution in [-0.2, 0) is 14.3 Å². The molecule has 0 aromatic heterocycles. The largest absolute Gasteiger partial charge is 0.390 e. The van der Waals surface area contributed by atoms with E-state index in [2.05, 4.69) is 20.8 Å². The minimum atomic E-state index is -3.88. The number of rotatable bonds is 3. The molecule has 4 nitrogen and oxygen atoms in total. The first-order valence-electron chi connectivity index (χ1n) is 9.24. The monoisotopic (exact) mass is 366 g/mol. The van der Waals surface area contributed by atoms with Gasteiger partial charge in [-0.1, -0.05) is 51.3 Å². The van der Waals surface area contributed by atoms with E-state index in [1.165, 1.54) is 6.42 Å². The summed E-state index contributed by atoms with van der Waals surface area (Å²) < 4.78 is 31.0. The number of aryl methyl sites for hydroxylation is 1. The molecule has 0 aliphatic heterocycles. The molecule has 1 aromatic rings. The molecular weight excluding hydrogens is 336 g/mol. The molecular formula is C20H30O4S. The quantitative estimate of drug-likeness (QED) is 0.820. The maximum Gasteiger partial charge on any atom is 0.297 e. The summed E-state index contributed by atoms with van der Waals surface area (Å²) in [5.74, 6) is 0.394. The van der Waals surface area contributed by atoms with Crippen LogP contribution in [0.3, 0.4) is 0 Å². The first-order valence-corrected chi connectivity index (χ1v) is 10.7. The van der Waals surface area contributed by atoms with Gasteiger partial charge >= 0.3 is 0 Å². The summed E-state index contributed by atoms with van der Waals surface area (Å²) in [6, 6.07) is 6.65. The van der Waals surface area contributed by atoms with E-state index in [9.17, 15) is 13.5 Å². The Morgan fingerprint density at radius 2 is 1.76 bits per heavy atom. The van der Waals surface area contributed by atoms with E-state index in [4.69, 9.17) is 4.18 Å². The number of benzene rings is 1. The molecule has 4 atom stereocenters. The van der Waals surface area contributed by atoms with Crippen LogP contribution < -0.4 is 0 Å². The normalized spacial score (nSPS) is 35.2. The highest BCUT2D eigenvalue weighted by molar-refractivity contribution is 7.86. The van der Waals surface area contributed by atoms with E-state index in [1.54, 1.807) is 24.3 Å². The Balaban J connectivity index is 1.88. The highest BCUT2D eigenvalue weighted by atomic mass is 32.2. The Morgan fingerprint density at radius 1 is 1.12 bits per heavy atom. The molecule has 25 heavy (non-hydrogen) atoms. The fourth-order valence-corrected chi connectivity index (χ4v) is 6.26. The summed E-state index contributed by atoms with van der Waals surface area (Å²) in [4.78, 5) is 0.152. The molecule has 5 heteroatoms. The Labute approximate surface area is 151 Å². The van der Waals surface area contributed by atoms with Gasteiger partial charge in [-0.25, -0.2) is 0 Å². The summed E-state index contributed by atoms with van der Waals surface area (Å²) in [7, 11) is -3.88. The van der Waals surface area contributed by atoms with E-state index in [0.717, 1.165) is 24.8 Å². The highest BCUT2D eigenvalue weighted by Gasteiger charge is 2.56. The molecule has 3 rings (SSSR count). The molecule has 1 aromatic carbocycles. The van der Waals surface area contributed by atoms with Gasteiger partial charge < -0.3 is 5.11 Å². The summed E-state index contributed by atoms with van der Waals surface area (Å²) in [5.41, 5.74) is 0.658. The van der Waals surface area contributed by atoms with Crippen LogP contribution in [-0.4, -0.2) is 25.7 Å². The average molecular weight is 367 g/mol. The zero-order valence-corrected chi connectivity index (χ0v) is 16.5. The summed E-state index contributed by atoms with van der Waals surface area (Å²) in [6.07, 6.45) is 3.62. The smallest absolute Gasteiger partial charge is 0.297 e. The third-order valence-corrected chi connectivity index (χ3v) is 7.92. The van der Waals surface area contributed by atoms with E-state index in [-0.39, 0.29) is 15.7 Å². The van der Waals surface area contributed by atoms with Gasteiger partial charge in [0.15, 0.2) is 0 Å². The van der Waals surface area contributed by atoms with Crippen molar-refractivity contribution in [2.75, 3.05) is 0 Å². The van der Waals surface area contributed by atoms with E-state index in [0.29, 0.717) is 12.3 Å². The maximum absolute atomic E-state index is 12.7. The van der Waals surface area contributed by atoms with Crippen LogP contribution in [0.15, 0.2) is 29.2 Å². The predicted molar refractivity (Wildman–Crippen MR) is 97.7 cm³/mol. The lowest BCUT2D eigenvalue weighted by atomic mass is 9.50. The van der Waals surface area contributed by atoms with Crippen molar-refractivity contribution in [1.29, 1.82) is 0 Å². The average Bonchev–Trinajstić information content (AvgIpc) is 2.52. The van der Waals surface area contributed by atoms with Gasteiger partial charge in [-0.2, -0.15) is 8.42 Å². The summed E-state index contributed by atoms with van der Waals surface area (Å²) in [6.45, 7) is 8.26. The summed E-state index contributed by atoms with van der Waals surface area (Å²) in [5, 5.41) is 10.9. The van der Waals surface area contributed by atoms with Crippen molar-refractivity contribution in [3.63, 3.8) is 0 Å². The van der Waals surface area contributed by atoms with Gasteiger partial charge in [0.1, 0.15) is 6.10 Å². The third kappa shape index (κ3) is 3.38. The van der Waals surface area contributed by atoms with Crippen molar-refractivity contribution in [2.24, 2.45) is 16.7 Å². The second kappa shape index (κ2) is 6.36. The molecule has 2 aliphatic carbocycles. The second-order valence-electron chi connectivity index (χ2n) is 8.82. The zero-order chi connectivity index (χ0) is 18.5. The van der Waals surface area contributed by atoms with Crippen LogP contribution in [0.4, 0.5) is 0 Å². The molecule has 2 fully saturated rings. The zero-order valence-electron chi connectivity index (χ0n) is 15.7. The van der Waals surface area contributed by atoms with Gasteiger partial charge in [0.2, 0.25) is 0 Å². The lowest BCUT2D eigenvalue weighted by Crippen LogP contribution is -2.58. The van der Waals surface area contributed by atoms with Crippen LogP contribution in [0.1, 0.15) is 58.4 Å². The van der Waals surface area contributed by atoms with Gasteiger partial charge in [0, 0.05) is 0 Å². The lowest BCUT2D eigenvalue weighted by molar-refractivity contribution is -0.162. The van der Waals surface area contributed by atoms with Crippen molar-refractivity contribution in [1.82, 2.24) is 0 Å². The molecule has 140 valence electrons. The Hall–Kier alpha value is -0.910. The fourth-order valence-electron chi connectivity index (χ4n) is 5.18. The van der Waals surface area contributed by atoms with E-state index in [1.807, 2.05) is 6.92 Å². The van der Waals surface area contributed by atoms with Crippen molar-refractivity contribution >= 4 is 10.1 Å². The topological polar surface area (TPSA) is 63.6 Å². The van der Waals surface area contributed by atoms with Crippen molar-refractivity contribution in [3.05, 3.63) is 29.8 Å². The first-order chi connectivity index (χ1) is 11.6. The Bertz CT molecular complexity index is 718. The molecule has 0 unspecified atom stereocenters. The third-order valence-electron chi connectivity index (χ3n) is 6.57. The van der Waals surface area contributed by atoms with Crippen LogP contribution in [0, 0.1) is 23.7 Å². The first kappa shape index (κ1) is 18.9. The molecule has 1 N–H and O–H groups in total. The van der Waals surface area contributed by atoms with Crippen LogP contribution in [0.2, 0.25) is 0 Å².